The van der Waals surface area contributed by atoms with Crippen LogP contribution < -0.4 is 0 Å². The van der Waals surface area contributed by atoms with E-state index in [2.05, 4.69) is 0 Å². The van der Waals surface area contributed by atoms with Gasteiger partial charge in [-0.05, 0) is 25.1 Å². The Labute approximate surface area is 91.4 Å². The number of Topliss-reactive ketones (excluding diaryl/α,β-unsaturated/α-hetero) is 1. The summed E-state index contributed by atoms with van der Waals surface area (Å²) in [5, 5.41) is 11.3. The third kappa shape index (κ3) is 1.46. The number of hydrogen-bond donors (Lipinski definition) is 0. The van der Waals surface area contributed by atoms with Gasteiger partial charge in [0.05, 0.1) is 22.0 Å². The molecule has 0 spiro atoms. The molecule has 1 aromatic carbocycles. The van der Waals surface area contributed by atoms with E-state index in [0.717, 1.165) is 5.52 Å². The van der Waals surface area contributed by atoms with Crippen molar-refractivity contribution in [3.63, 3.8) is 0 Å². The number of nitrogens with zero attached hydrogens (tertiary/aromatic N) is 2. The number of rotatable bonds is 2. The monoisotopic (exact) mass is 218 g/mol. The Bertz CT molecular complexity index is 599. The van der Waals surface area contributed by atoms with Crippen LogP contribution in [0.5, 0.6) is 0 Å². The molecule has 5 heteroatoms. The summed E-state index contributed by atoms with van der Waals surface area (Å²) in [5.41, 5.74) is 1.26. The molecule has 2 aromatic rings. The smallest absolute Gasteiger partial charge is 0.294 e. The van der Waals surface area contributed by atoms with Crippen molar-refractivity contribution in [2.75, 3.05) is 0 Å². The lowest BCUT2D eigenvalue weighted by molar-refractivity contribution is -0.383. The second-order valence-corrected chi connectivity index (χ2v) is 3.67. The average molecular weight is 218 g/mol. The molecule has 0 aliphatic rings. The van der Waals surface area contributed by atoms with Gasteiger partial charge < -0.3 is 4.57 Å². The molecule has 0 radical (unpaired) electrons. The number of carbonyl (C=O) groups is 1. The van der Waals surface area contributed by atoms with E-state index in [4.69, 9.17) is 0 Å². The Morgan fingerprint density at radius 3 is 2.69 bits per heavy atom. The van der Waals surface area contributed by atoms with Crippen LogP contribution >= 0.6 is 0 Å². The minimum absolute atomic E-state index is 0.0283. The van der Waals surface area contributed by atoms with Crippen molar-refractivity contribution in [1.29, 1.82) is 0 Å². The summed E-state index contributed by atoms with van der Waals surface area (Å²) in [5.74, 6) is -0.0972. The molecule has 0 saturated heterocycles. The fraction of sp³-hybridized carbons (Fsp3) is 0.182. The third-order valence-corrected chi connectivity index (χ3v) is 2.57. The number of nitro groups is 1. The minimum Gasteiger partial charge on any atom is -0.344 e. The molecule has 0 atom stereocenters. The van der Waals surface area contributed by atoms with Crippen LogP contribution in [0.1, 0.15) is 17.3 Å². The molecule has 1 heterocycles. The number of aryl methyl sites for hydroxylation is 1. The van der Waals surface area contributed by atoms with Crippen LogP contribution in [0, 0.1) is 10.1 Å². The summed E-state index contributed by atoms with van der Waals surface area (Å²) in [6.07, 6.45) is 1.45. The standard InChI is InChI=1S/C11H10N2O3/c1-7(14)8-3-4-10-9(5-8)11(13(15)16)6-12(10)2/h3-6H,1-2H3. The Hall–Kier alpha value is -2.17. The number of hydrogen-bond acceptors (Lipinski definition) is 3. The van der Waals surface area contributed by atoms with Crippen LogP contribution in [-0.2, 0) is 7.05 Å². The highest BCUT2D eigenvalue weighted by atomic mass is 16.6. The summed E-state index contributed by atoms with van der Waals surface area (Å²) in [6.45, 7) is 1.44. The third-order valence-electron chi connectivity index (χ3n) is 2.57. The number of fused-ring (bicyclic) bond motifs is 1. The van der Waals surface area contributed by atoms with Crippen LogP contribution in [0.2, 0.25) is 0 Å². The maximum Gasteiger partial charge on any atom is 0.294 e. The lowest BCUT2D eigenvalue weighted by Crippen LogP contribution is -1.92. The van der Waals surface area contributed by atoms with Crippen molar-refractivity contribution in [3.05, 3.63) is 40.1 Å². The van der Waals surface area contributed by atoms with Gasteiger partial charge in [0.2, 0.25) is 0 Å². The molecule has 0 aliphatic carbocycles. The van der Waals surface area contributed by atoms with Crippen molar-refractivity contribution < 1.29 is 9.72 Å². The Kier molecular flexibility index (Phi) is 2.23. The van der Waals surface area contributed by atoms with Crippen molar-refractivity contribution in [3.8, 4) is 0 Å². The largest absolute Gasteiger partial charge is 0.344 e. The van der Waals surface area contributed by atoms with Gasteiger partial charge in [0.1, 0.15) is 0 Å². The molecule has 0 N–H and O–H groups in total. The van der Waals surface area contributed by atoms with E-state index in [1.165, 1.54) is 13.1 Å². The number of carbonyl (C=O) groups excluding carboxylic acids is 1. The zero-order valence-electron chi connectivity index (χ0n) is 8.93. The van der Waals surface area contributed by atoms with Gasteiger partial charge >= 0.3 is 0 Å². The highest BCUT2D eigenvalue weighted by Crippen LogP contribution is 2.28. The van der Waals surface area contributed by atoms with E-state index < -0.39 is 4.92 Å². The van der Waals surface area contributed by atoms with Gasteiger partial charge in [0.25, 0.3) is 5.69 Å². The molecule has 5 nitrogen and oxygen atoms in total. The van der Waals surface area contributed by atoms with Gasteiger partial charge in [-0.15, -0.1) is 0 Å². The van der Waals surface area contributed by atoms with E-state index in [-0.39, 0.29) is 11.5 Å². The van der Waals surface area contributed by atoms with Gasteiger partial charge in [0, 0.05) is 12.6 Å². The molecule has 0 saturated carbocycles. The molecule has 82 valence electrons. The van der Waals surface area contributed by atoms with Gasteiger partial charge in [-0.25, -0.2) is 0 Å². The highest BCUT2D eigenvalue weighted by Gasteiger charge is 2.16. The zero-order chi connectivity index (χ0) is 11.9. The first-order chi connectivity index (χ1) is 7.50. The molecule has 0 aliphatic heterocycles. The predicted molar refractivity (Wildman–Crippen MR) is 59.6 cm³/mol. The van der Waals surface area contributed by atoms with Crippen LogP contribution in [0.3, 0.4) is 0 Å². The first kappa shape index (κ1) is 10.4. The van der Waals surface area contributed by atoms with Crippen LogP contribution in [0.25, 0.3) is 10.9 Å². The molecule has 16 heavy (non-hydrogen) atoms. The minimum atomic E-state index is -0.438. The molecule has 1 aromatic heterocycles. The van der Waals surface area contributed by atoms with E-state index in [0.29, 0.717) is 10.9 Å². The summed E-state index contributed by atoms with van der Waals surface area (Å²) < 4.78 is 1.68. The van der Waals surface area contributed by atoms with Gasteiger partial charge in [-0.2, -0.15) is 0 Å². The summed E-state index contributed by atoms with van der Waals surface area (Å²) >= 11 is 0. The Morgan fingerprint density at radius 1 is 1.44 bits per heavy atom. The summed E-state index contributed by atoms with van der Waals surface area (Å²) in [6, 6.07) is 4.96. The van der Waals surface area contributed by atoms with Crippen molar-refractivity contribution in [2.45, 2.75) is 6.92 Å². The van der Waals surface area contributed by atoms with Crippen LogP contribution in [0.4, 0.5) is 5.69 Å². The molecular weight excluding hydrogens is 208 g/mol. The molecule has 0 amide bonds. The lowest BCUT2D eigenvalue weighted by atomic mass is 10.1. The maximum atomic E-state index is 11.2. The number of aromatic nitrogens is 1. The Balaban J connectivity index is 2.79. The van der Waals surface area contributed by atoms with E-state index in [1.54, 1.807) is 29.8 Å². The van der Waals surface area contributed by atoms with Crippen LogP contribution in [-0.4, -0.2) is 15.3 Å². The average Bonchev–Trinajstić information content (AvgIpc) is 2.56. The predicted octanol–water partition coefficient (Wildman–Crippen LogP) is 2.29. The Morgan fingerprint density at radius 2 is 2.12 bits per heavy atom. The van der Waals surface area contributed by atoms with Crippen molar-refractivity contribution >= 4 is 22.4 Å². The first-order valence-electron chi connectivity index (χ1n) is 4.75. The highest BCUT2D eigenvalue weighted by molar-refractivity contribution is 6.00. The molecular formula is C11H10N2O3. The second-order valence-electron chi connectivity index (χ2n) is 3.67. The van der Waals surface area contributed by atoms with Gasteiger partial charge in [-0.1, -0.05) is 0 Å². The quantitative estimate of drug-likeness (QED) is 0.441. The molecule has 0 unspecified atom stereocenters. The second kappa shape index (κ2) is 3.44. The zero-order valence-corrected chi connectivity index (χ0v) is 8.93. The summed E-state index contributed by atoms with van der Waals surface area (Å²) in [4.78, 5) is 21.6. The SMILES string of the molecule is CC(=O)c1ccc2c(c1)c([N+](=O)[O-])cn2C. The molecule has 0 bridgehead atoms. The van der Waals surface area contributed by atoms with E-state index in [1.807, 2.05) is 0 Å². The number of benzene rings is 1. The molecule has 0 fully saturated rings. The lowest BCUT2D eigenvalue weighted by Gasteiger charge is -1.97. The fourth-order valence-corrected chi connectivity index (χ4v) is 1.74. The van der Waals surface area contributed by atoms with Crippen molar-refractivity contribution in [2.24, 2.45) is 7.05 Å². The topological polar surface area (TPSA) is 65.1 Å². The molecule has 2 rings (SSSR count). The first-order valence-corrected chi connectivity index (χ1v) is 4.75. The van der Waals surface area contributed by atoms with E-state index in [9.17, 15) is 14.9 Å². The fourth-order valence-electron chi connectivity index (χ4n) is 1.74. The maximum absolute atomic E-state index is 11.2. The van der Waals surface area contributed by atoms with E-state index >= 15 is 0 Å². The van der Waals surface area contributed by atoms with Crippen LogP contribution in [0.15, 0.2) is 24.4 Å². The summed E-state index contributed by atoms with van der Waals surface area (Å²) in [7, 11) is 1.74. The van der Waals surface area contributed by atoms with Gasteiger partial charge in [-0.3, -0.25) is 14.9 Å². The van der Waals surface area contributed by atoms with Crippen molar-refractivity contribution in [1.82, 2.24) is 4.57 Å². The number of ketones is 1. The normalized spacial score (nSPS) is 10.6. The van der Waals surface area contributed by atoms with Gasteiger partial charge in [0.15, 0.2) is 5.78 Å².